The Hall–Kier alpha value is -4.08. The summed E-state index contributed by atoms with van der Waals surface area (Å²) in [5.41, 5.74) is 6.37. The first-order valence-electron chi connectivity index (χ1n) is 13.5. The first kappa shape index (κ1) is 27.1. The van der Waals surface area contributed by atoms with Crippen molar-refractivity contribution in [2.24, 2.45) is 4.99 Å². The zero-order valence-corrected chi connectivity index (χ0v) is 24.7. The molecule has 7 nitrogen and oxygen atoms in total. The van der Waals surface area contributed by atoms with Crippen LogP contribution in [0.2, 0.25) is 0 Å². The molecule has 0 unspecified atom stereocenters. The maximum Gasteiger partial charge on any atom is 0.264 e. The first-order valence-corrected chi connectivity index (χ1v) is 15.2. The van der Waals surface area contributed by atoms with Crippen LogP contribution in [-0.4, -0.2) is 28.7 Å². The second-order valence-electron chi connectivity index (χ2n) is 10.1. The predicted molar refractivity (Wildman–Crippen MR) is 168 cm³/mol. The molecule has 2 N–H and O–H groups in total. The van der Waals surface area contributed by atoms with Gasteiger partial charge in [0.2, 0.25) is 0 Å². The van der Waals surface area contributed by atoms with Crippen LogP contribution in [0.1, 0.15) is 50.6 Å². The summed E-state index contributed by atoms with van der Waals surface area (Å²) in [5.74, 6) is 0.491. The van der Waals surface area contributed by atoms with Crippen LogP contribution in [0.25, 0.3) is 11.1 Å². The largest absolute Gasteiger partial charge is 0.497 e. The monoisotopic (exact) mass is 582 g/mol. The van der Waals surface area contributed by atoms with Crippen molar-refractivity contribution < 1.29 is 14.3 Å². The van der Waals surface area contributed by atoms with E-state index in [1.807, 2.05) is 74.5 Å². The highest BCUT2D eigenvalue weighted by atomic mass is 32.2. The summed E-state index contributed by atoms with van der Waals surface area (Å²) in [6, 6.07) is 19.0. The number of hydrogen-bond acceptors (Lipinski definition) is 6. The number of para-hydroxylation sites is 1. The van der Waals surface area contributed by atoms with Crippen LogP contribution in [-0.2, 0) is 17.6 Å². The topological polar surface area (TPSA) is 84.7 Å². The van der Waals surface area contributed by atoms with E-state index < -0.39 is 0 Å². The summed E-state index contributed by atoms with van der Waals surface area (Å²) in [4.78, 5) is 33.0. The summed E-state index contributed by atoms with van der Waals surface area (Å²) in [6.45, 7) is 4.09. The van der Waals surface area contributed by atoms with Gasteiger partial charge in [-0.2, -0.15) is 0 Å². The number of aliphatic imine (C=N–C) groups is 1. The lowest BCUT2D eigenvalue weighted by molar-refractivity contribution is -0.115. The molecule has 0 spiro atoms. The van der Waals surface area contributed by atoms with E-state index in [-0.39, 0.29) is 11.8 Å². The molecular weight excluding hydrogens is 553 g/mol. The van der Waals surface area contributed by atoms with Gasteiger partial charge in [0.1, 0.15) is 10.8 Å². The lowest BCUT2D eigenvalue weighted by atomic mass is 9.95. The average Bonchev–Trinajstić information content (AvgIpc) is 3.61. The molecule has 2 amide bonds. The number of aryl methyl sites for hydroxylation is 2. The fourth-order valence-electron chi connectivity index (χ4n) is 5.30. The summed E-state index contributed by atoms with van der Waals surface area (Å²) < 4.78 is 7.37. The van der Waals surface area contributed by atoms with Gasteiger partial charge >= 0.3 is 0 Å². The summed E-state index contributed by atoms with van der Waals surface area (Å²) in [7, 11) is 1.62. The predicted octanol–water partition coefficient (Wildman–Crippen LogP) is 7.19. The highest BCUT2D eigenvalue weighted by molar-refractivity contribution is 8.18. The van der Waals surface area contributed by atoms with Crippen LogP contribution in [0.15, 0.2) is 70.6 Å². The van der Waals surface area contributed by atoms with E-state index in [4.69, 9.17) is 4.74 Å². The number of ether oxygens (including phenoxy) is 1. The molecule has 4 aromatic rings. The minimum atomic E-state index is -0.179. The number of rotatable bonds is 6. The molecule has 1 aliphatic heterocycles. The van der Waals surface area contributed by atoms with Crippen molar-refractivity contribution in [3.05, 3.63) is 98.5 Å². The second-order valence-corrected chi connectivity index (χ2v) is 12.2. The van der Waals surface area contributed by atoms with Crippen LogP contribution in [0.5, 0.6) is 5.75 Å². The second kappa shape index (κ2) is 11.4. The van der Waals surface area contributed by atoms with Crippen LogP contribution in [0.3, 0.4) is 0 Å². The Morgan fingerprint density at radius 3 is 2.59 bits per heavy atom. The number of fused-ring (bicyclic) bond motifs is 1. The van der Waals surface area contributed by atoms with Crippen molar-refractivity contribution in [3.8, 4) is 10.8 Å². The van der Waals surface area contributed by atoms with E-state index in [2.05, 4.69) is 26.3 Å². The molecule has 3 heterocycles. The number of hydrogen-bond donors (Lipinski definition) is 2. The van der Waals surface area contributed by atoms with Gasteiger partial charge < -0.3 is 19.9 Å². The number of anilines is 1. The number of amidine groups is 1. The van der Waals surface area contributed by atoms with Crippen molar-refractivity contribution in [1.29, 1.82) is 0 Å². The number of methoxy groups -OCH3 is 1. The van der Waals surface area contributed by atoms with Gasteiger partial charge in [-0.15, -0.1) is 11.3 Å². The summed E-state index contributed by atoms with van der Waals surface area (Å²) >= 11 is 3.03. The van der Waals surface area contributed by atoms with E-state index in [0.717, 1.165) is 70.3 Å². The zero-order valence-electron chi connectivity index (χ0n) is 23.1. The number of thiophene rings is 1. The Kier molecular flexibility index (Phi) is 7.55. The Labute approximate surface area is 247 Å². The zero-order chi connectivity index (χ0) is 28.5. The summed E-state index contributed by atoms with van der Waals surface area (Å²) in [5, 5.41) is 7.46. The Morgan fingerprint density at radius 1 is 1.07 bits per heavy atom. The molecule has 0 radical (unpaired) electrons. The van der Waals surface area contributed by atoms with E-state index in [9.17, 15) is 9.59 Å². The lowest BCUT2D eigenvalue weighted by Crippen LogP contribution is -2.19. The van der Waals surface area contributed by atoms with Gasteiger partial charge in [-0.3, -0.25) is 9.59 Å². The number of thioether (sulfide) groups is 1. The van der Waals surface area contributed by atoms with Gasteiger partial charge in [-0.05, 0) is 111 Å². The SMILES string of the molecule is COc1ccc(N=C2NC(=O)/C(=C/c3cc(C)n(-c4sc5c(c4C(=O)Nc4ccccc4)CCCC5)c3C)S2)cc1. The molecule has 1 fully saturated rings. The highest BCUT2D eigenvalue weighted by Gasteiger charge is 2.29. The van der Waals surface area contributed by atoms with Crippen molar-refractivity contribution in [2.45, 2.75) is 39.5 Å². The number of aromatic nitrogens is 1. The Balaban J connectivity index is 1.33. The van der Waals surface area contributed by atoms with Crippen LogP contribution in [0, 0.1) is 13.8 Å². The third kappa shape index (κ3) is 5.47. The normalized spacial score (nSPS) is 16.6. The third-order valence-corrected chi connectivity index (χ3v) is 9.51. The van der Waals surface area contributed by atoms with Gasteiger partial charge in [-0.1, -0.05) is 18.2 Å². The molecule has 2 aromatic carbocycles. The van der Waals surface area contributed by atoms with Crippen molar-refractivity contribution in [1.82, 2.24) is 9.88 Å². The van der Waals surface area contributed by atoms with Gasteiger partial charge in [0.05, 0.1) is 23.3 Å². The van der Waals surface area contributed by atoms with Crippen molar-refractivity contribution in [2.75, 3.05) is 12.4 Å². The van der Waals surface area contributed by atoms with E-state index >= 15 is 0 Å². The van der Waals surface area contributed by atoms with Gasteiger partial charge in [0.15, 0.2) is 5.17 Å². The van der Waals surface area contributed by atoms with E-state index in [1.165, 1.54) is 22.2 Å². The fourth-order valence-corrected chi connectivity index (χ4v) is 7.63. The molecule has 1 saturated heterocycles. The van der Waals surface area contributed by atoms with Crippen LogP contribution >= 0.6 is 23.1 Å². The van der Waals surface area contributed by atoms with Gasteiger partial charge in [0.25, 0.3) is 11.8 Å². The number of carbonyl (C=O) groups excluding carboxylic acids is 2. The Bertz CT molecular complexity index is 1700. The molecule has 0 atom stereocenters. The maximum atomic E-state index is 13.7. The number of benzene rings is 2. The van der Waals surface area contributed by atoms with Crippen molar-refractivity contribution in [3.63, 3.8) is 0 Å². The average molecular weight is 583 g/mol. The molecular formula is C32H30N4O3S2. The first-order chi connectivity index (χ1) is 19.9. The van der Waals surface area contributed by atoms with Gasteiger partial charge in [0, 0.05) is 22.0 Å². The molecule has 2 aromatic heterocycles. The number of carbonyl (C=O) groups is 2. The standard InChI is InChI=1S/C32H30N4O3S2/c1-19-17-21(18-27-29(37)35-32(41-27)34-23-13-15-24(39-3)16-14-23)20(2)36(19)31-28(25-11-7-8-12-26(25)40-31)30(38)33-22-9-5-4-6-10-22/h4-6,9-10,13-18H,7-8,11-12H2,1-3H3,(H,33,38)(H,34,35,37)/b27-18-. The fraction of sp³-hybridized carbons (Fsp3) is 0.219. The third-order valence-electron chi connectivity index (χ3n) is 7.33. The number of nitrogens with zero attached hydrogens (tertiary/aromatic N) is 2. The molecule has 0 bridgehead atoms. The summed E-state index contributed by atoms with van der Waals surface area (Å²) in [6.07, 6.45) is 6.04. The van der Waals surface area contributed by atoms with Crippen LogP contribution in [0.4, 0.5) is 11.4 Å². The van der Waals surface area contributed by atoms with Crippen molar-refractivity contribution >= 4 is 57.5 Å². The van der Waals surface area contributed by atoms with E-state index in [0.29, 0.717) is 10.1 Å². The maximum absolute atomic E-state index is 13.7. The molecule has 208 valence electrons. The lowest BCUT2D eigenvalue weighted by Gasteiger charge is -2.14. The smallest absolute Gasteiger partial charge is 0.264 e. The molecule has 6 rings (SSSR count). The molecule has 1 aliphatic carbocycles. The molecule has 9 heteroatoms. The number of nitrogens with one attached hydrogen (secondary N) is 2. The number of amides is 2. The quantitative estimate of drug-likeness (QED) is 0.236. The molecule has 0 saturated carbocycles. The highest BCUT2D eigenvalue weighted by Crippen LogP contribution is 2.40. The molecule has 2 aliphatic rings. The minimum absolute atomic E-state index is 0.0804. The molecule has 41 heavy (non-hydrogen) atoms. The minimum Gasteiger partial charge on any atom is -0.497 e. The van der Waals surface area contributed by atoms with Crippen LogP contribution < -0.4 is 15.4 Å². The van der Waals surface area contributed by atoms with E-state index in [1.54, 1.807) is 18.4 Å². The Morgan fingerprint density at radius 2 is 1.83 bits per heavy atom. The van der Waals surface area contributed by atoms with Gasteiger partial charge in [-0.25, -0.2) is 4.99 Å².